The molecule has 1 aromatic carbocycles. The lowest BCUT2D eigenvalue weighted by atomic mass is 10.2. The van der Waals surface area contributed by atoms with E-state index in [9.17, 15) is 4.79 Å². The third-order valence-electron chi connectivity index (χ3n) is 4.18. The zero-order valence-electron chi connectivity index (χ0n) is 12.2. The average molecular weight is 353 g/mol. The second-order valence-electron chi connectivity index (χ2n) is 5.73. The molecule has 1 aliphatic heterocycles. The van der Waals surface area contributed by atoms with E-state index in [1.54, 1.807) is 0 Å². The predicted octanol–water partition coefficient (Wildman–Crippen LogP) is 2.57. The van der Waals surface area contributed by atoms with Crippen LogP contribution in [0.3, 0.4) is 0 Å². The van der Waals surface area contributed by atoms with E-state index in [-0.39, 0.29) is 24.0 Å². The second-order valence-corrected chi connectivity index (χ2v) is 6.58. The van der Waals surface area contributed by atoms with E-state index >= 15 is 0 Å². The number of hydrogen-bond acceptors (Lipinski definition) is 3. The standard InChI is InChI=1S/C16H21BrN2O2/c1-2-21-15-9-12(15)16(20)18-11-7-8-19(10-11)14-6-4-3-5-13(14)17/h3-6,11-12,15H,2,7-10H2,1H3,(H,18,20)/t11-,12-,15-/m1/s1. The molecule has 3 atom stereocenters. The zero-order valence-corrected chi connectivity index (χ0v) is 13.8. The molecule has 1 saturated heterocycles. The van der Waals surface area contributed by atoms with Crippen LogP contribution in [0.2, 0.25) is 0 Å². The fraction of sp³-hybridized carbons (Fsp3) is 0.562. The summed E-state index contributed by atoms with van der Waals surface area (Å²) in [5.74, 6) is 0.231. The number of hydrogen-bond donors (Lipinski definition) is 1. The Bertz CT molecular complexity index is 523. The summed E-state index contributed by atoms with van der Waals surface area (Å²) in [6, 6.07) is 8.47. The van der Waals surface area contributed by atoms with Crippen LogP contribution in [0, 0.1) is 5.92 Å². The molecule has 1 saturated carbocycles. The van der Waals surface area contributed by atoms with E-state index in [4.69, 9.17) is 4.74 Å². The van der Waals surface area contributed by atoms with Gasteiger partial charge in [0.25, 0.3) is 0 Å². The number of carbonyl (C=O) groups excluding carboxylic acids is 1. The van der Waals surface area contributed by atoms with E-state index in [1.165, 1.54) is 5.69 Å². The molecule has 1 amide bonds. The summed E-state index contributed by atoms with van der Waals surface area (Å²) in [7, 11) is 0. The Balaban J connectivity index is 1.51. The van der Waals surface area contributed by atoms with Crippen molar-refractivity contribution < 1.29 is 9.53 Å². The maximum Gasteiger partial charge on any atom is 0.226 e. The Morgan fingerprint density at radius 1 is 1.48 bits per heavy atom. The van der Waals surface area contributed by atoms with E-state index in [2.05, 4.69) is 38.3 Å². The van der Waals surface area contributed by atoms with Crippen LogP contribution >= 0.6 is 15.9 Å². The van der Waals surface area contributed by atoms with Gasteiger partial charge < -0.3 is 15.0 Å². The van der Waals surface area contributed by atoms with Crippen molar-refractivity contribution >= 4 is 27.5 Å². The fourth-order valence-corrected chi connectivity index (χ4v) is 3.49. The number of nitrogens with zero attached hydrogens (tertiary/aromatic N) is 1. The minimum Gasteiger partial charge on any atom is -0.378 e. The Kier molecular flexibility index (Phi) is 4.50. The van der Waals surface area contributed by atoms with E-state index in [0.29, 0.717) is 6.61 Å². The largest absolute Gasteiger partial charge is 0.378 e. The topological polar surface area (TPSA) is 41.6 Å². The van der Waals surface area contributed by atoms with Gasteiger partial charge in [0.2, 0.25) is 5.91 Å². The number of para-hydroxylation sites is 1. The predicted molar refractivity (Wildman–Crippen MR) is 86.4 cm³/mol. The number of rotatable bonds is 5. The van der Waals surface area contributed by atoms with Crippen molar-refractivity contribution in [2.45, 2.75) is 31.9 Å². The van der Waals surface area contributed by atoms with Crippen molar-refractivity contribution in [1.29, 1.82) is 0 Å². The lowest BCUT2D eigenvalue weighted by Crippen LogP contribution is -2.38. The highest BCUT2D eigenvalue weighted by Gasteiger charge is 2.44. The molecule has 114 valence electrons. The molecule has 0 aromatic heterocycles. The van der Waals surface area contributed by atoms with Gasteiger partial charge in [-0.25, -0.2) is 0 Å². The van der Waals surface area contributed by atoms with Crippen molar-refractivity contribution in [2.24, 2.45) is 5.92 Å². The van der Waals surface area contributed by atoms with Gasteiger partial charge >= 0.3 is 0 Å². The Morgan fingerprint density at radius 2 is 2.29 bits per heavy atom. The molecule has 0 spiro atoms. The first-order chi connectivity index (χ1) is 10.2. The first-order valence-corrected chi connectivity index (χ1v) is 8.39. The van der Waals surface area contributed by atoms with Gasteiger partial charge in [0.05, 0.1) is 17.7 Å². The third-order valence-corrected chi connectivity index (χ3v) is 4.85. The molecule has 1 N–H and O–H groups in total. The molecule has 1 aliphatic carbocycles. The summed E-state index contributed by atoms with van der Waals surface area (Å²) in [4.78, 5) is 14.5. The smallest absolute Gasteiger partial charge is 0.226 e. The van der Waals surface area contributed by atoms with Crippen molar-refractivity contribution in [2.75, 3.05) is 24.6 Å². The van der Waals surface area contributed by atoms with Gasteiger partial charge in [-0.15, -0.1) is 0 Å². The molecule has 1 heterocycles. The third kappa shape index (κ3) is 3.40. The number of ether oxygens (including phenoxy) is 1. The summed E-state index contributed by atoms with van der Waals surface area (Å²) in [6.07, 6.45) is 2.02. The summed E-state index contributed by atoms with van der Waals surface area (Å²) in [5.41, 5.74) is 1.20. The van der Waals surface area contributed by atoms with Crippen LogP contribution in [0.15, 0.2) is 28.7 Å². The molecule has 0 radical (unpaired) electrons. The fourth-order valence-electron chi connectivity index (χ4n) is 2.96. The average Bonchev–Trinajstić information content (AvgIpc) is 3.09. The zero-order chi connectivity index (χ0) is 14.8. The van der Waals surface area contributed by atoms with Crippen LogP contribution in [0.5, 0.6) is 0 Å². The van der Waals surface area contributed by atoms with Gasteiger partial charge in [-0.2, -0.15) is 0 Å². The highest BCUT2D eigenvalue weighted by molar-refractivity contribution is 9.10. The van der Waals surface area contributed by atoms with Crippen molar-refractivity contribution in [3.05, 3.63) is 28.7 Å². The molecule has 5 heteroatoms. The molecule has 2 aliphatic rings. The van der Waals surface area contributed by atoms with Gasteiger partial charge in [0.1, 0.15) is 0 Å². The number of nitrogens with one attached hydrogen (secondary N) is 1. The number of amides is 1. The molecular formula is C16H21BrN2O2. The lowest BCUT2D eigenvalue weighted by molar-refractivity contribution is -0.123. The number of halogens is 1. The van der Waals surface area contributed by atoms with Gasteiger partial charge in [-0.3, -0.25) is 4.79 Å². The SMILES string of the molecule is CCO[C@@H]1C[C@H]1C(=O)N[C@@H]1CCN(c2ccccc2Br)C1. The molecule has 0 unspecified atom stereocenters. The molecule has 2 fully saturated rings. The minimum absolute atomic E-state index is 0.0717. The molecule has 4 nitrogen and oxygen atoms in total. The van der Waals surface area contributed by atoms with Crippen molar-refractivity contribution in [3.63, 3.8) is 0 Å². The molecule has 0 bridgehead atoms. The van der Waals surface area contributed by atoms with Crippen LogP contribution in [-0.4, -0.2) is 37.7 Å². The van der Waals surface area contributed by atoms with Crippen molar-refractivity contribution in [3.8, 4) is 0 Å². The second kappa shape index (κ2) is 6.36. The molecular weight excluding hydrogens is 332 g/mol. The number of anilines is 1. The van der Waals surface area contributed by atoms with Crippen LogP contribution in [0.25, 0.3) is 0 Å². The summed E-state index contributed by atoms with van der Waals surface area (Å²) in [6.45, 7) is 4.51. The Morgan fingerprint density at radius 3 is 3.05 bits per heavy atom. The van der Waals surface area contributed by atoms with Crippen LogP contribution < -0.4 is 10.2 Å². The first-order valence-electron chi connectivity index (χ1n) is 7.60. The maximum atomic E-state index is 12.1. The first kappa shape index (κ1) is 14.9. The van der Waals surface area contributed by atoms with Gasteiger partial charge in [-0.05, 0) is 47.8 Å². The minimum atomic E-state index is 0.0717. The quantitative estimate of drug-likeness (QED) is 0.885. The van der Waals surface area contributed by atoms with Gasteiger partial charge in [-0.1, -0.05) is 12.1 Å². The molecule has 21 heavy (non-hydrogen) atoms. The van der Waals surface area contributed by atoms with Crippen LogP contribution in [0.1, 0.15) is 19.8 Å². The summed E-state index contributed by atoms with van der Waals surface area (Å²) < 4.78 is 6.59. The van der Waals surface area contributed by atoms with Crippen molar-refractivity contribution in [1.82, 2.24) is 5.32 Å². The Hall–Kier alpha value is -1.07. The highest BCUT2D eigenvalue weighted by atomic mass is 79.9. The molecule has 3 rings (SSSR count). The normalized spacial score (nSPS) is 27.7. The van der Waals surface area contributed by atoms with Gasteiger partial charge in [0, 0.05) is 30.2 Å². The van der Waals surface area contributed by atoms with Crippen LogP contribution in [-0.2, 0) is 9.53 Å². The Labute approximate surface area is 134 Å². The van der Waals surface area contributed by atoms with E-state index in [1.807, 2.05) is 19.1 Å². The highest BCUT2D eigenvalue weighted by Crippen LogP contribution is 2.34. The van der Waals surface area contributed by atoms with Crippen LogP contribution in [0.4, 0.5) is 5.69 Å². The monoisotopic (exact) mass is 352 g/mol. The van der Waals surface area contributed by atoms with Gasteiger partial charge in [0.15, 0.2) is 0 Å². The number of carbonyl (C=O) groups is 1. The lowest BCUT2D eigenvalue weighted by Gasteiger charge is -2.20. The van der Waals surface area contributed by atoms with E-state index < -0.39 is 0 Å². The summed E-state index contributed by atoms with van der Waals surface area (Å²) >= 11 is 3.59. The number of benzene rings is 1. The summed E-state index contributed by atoms with van der Waals surface area (Å²) in [5, 5.41) is 3.17. The molecule has 1 aromatic rings. The van der Waals surface area contributed by atoms with E-state index in [0.717, 1.165) is 30.4 Å². The maximum absolute atomic E-state index is 12.1.